The fourth-order valence-electron chi connectivity index (χ4n) is 3.10. The molecule has 0 aliphatic heterocycles. The van der Waals surface area contributed by atoms with E-state index in [0.717, 1.165) is 17.5 Å². The van der Waals surface area contributed by atoms with Crippen molar-refractivity contribution < 1.29 is 14.3 Å². The Morgan fingerprint density at radius 2 is 1.81 bits per heavy atom. The molecule has 0 aliphatic rings. The summed E-state index contributed by atoms with van der Waals surface area (Å²) in [4.78, 5) is 12.8. The van der Waals surface area contributed by atoms with Crippen molar-refractivity contribution >= 4 is 29.3 Å². The van der Waals surface area contributed by atoms with Crippen molar-refractivity contribution in [1.82, 2.24) is 0 Å². The van der Waals surface area contributed by atoms with E-state index in [1.54, 1.807) is 31.4 Å². The molecule has 3 aromatic carbocycles. The molecule has 0 unspecified atom stereocenters. The fourth-order valence-corrected chi connectivity index (χ4v) is 3.29. The molecule has 0 saturated carbocycles. The Kier molecular flexibility index (Phi) is 7.91. The number of aryl methyl sites for hydroxylation is 1. The van der Waals surface area contributed by atoms with E-state index in [1.165, 1.54) is 6.08 Å². The molecule has 0 aliphatic carbocycles. The summed E-state index contributed by atoms with van der Waals surface area (Å²) in [5.74, 6) is 0.580. The summed E-state index contributed by atoms with van der Waals surface area (Å²) in [6.45, 7) is 2.23. The summed E-state index contributed by atoms with van der Waals surface area (Å²) in [5.41, 5.74) is 3.04. The van der Waals surface area contributed by atoms with Crippen molar-refractivity contribution in [3.05, 3.63) is 94.0 Å². The Balaban J connectivity index is 1.88. The van der Waals surface area contributed by atoms with Crippen LogP contribution in [0.3, 0.4) is 0 Å². The Bertz CT molecular complexity index is 1180. The molecular formula is C26H23ClN2O3. The molecule has 1 amide bonds. The number of amides is 1. The predicted octanol–water partition coefficient (Wildman–Crippen LogP) is 6.04. The second kappa shape index (κ2) is 11.0. The minimum atomic E-state index is -0.485. The maximum absolute atomic E-state index is 12.8. The average Bonchev–Trinajstić information content (AvgIpc) is 2.82. The van der Waals surface area contributed by atoms with Gasteiger partial charge in [-0.05, 0) is 42.3 Å². The van der Waals surface area contributed by atoms with Gasteiger partial charge in [-0.15, -0.1) is 0 Å². The molecule has 32 heavy (non-hydrogen) atoms. The Morgan fingerprint density at radius 3 is 2.50 bits per heavy atom. The number of para-hydroxylation sites is 1. The Hall–Kier alpha value is -3.75. The van der Waals surface area contributed by atoms with E-state index in [0.29, 0.717) is 27.8 Å². The number of nitrogens with one attached hydrogen (secondary N) is 1. The summed E-state index contributed by atoms with van der Waals surface area (Å²) < 4.78 is 11.3. The zero-order valence-corrected chi connectivity index (χ0v) is 18.6. The van der Waals surface area contributed by atoms with Gasteiger partial charge < -0.3 is 14.8 Å². The van der Waals surface area contributed by atoms with Gasteiger partial charge in [0, 0.05) is 27.9 Å². The minimum absolute atomic E-state index is 0.0383. The van der Waals surface area contributed by atoms with Crippen LogP contribution in [0.25, 0.3) is 6.08 Å². The SMILES string of the molecule is CCc1ccccc1NC(=O)/C(C#N)=C/c1ccc(OC)cc1OCc1ccccc1Cl. The summed E-state index contributed by atoms with van der Waals surface area (Å²) in [7, 11) is 1.56. The van der Waals surface area contributed by atoms with Crippen LogP contribution in [-0.2, 0) is 17.8 Å². The molecule has 3 aromatic rings. The maximum Gasteiger partial charge on any atom is 0.266 e. The van der Waals surface area contributed by atoms with Gasteiger partial charge in [0.1, 0.15) is 29.7 Å². The van der Waals surface area contributed by atoms with E-state index >= 15 is 0 Å². The lowest BCUT2D eigenvalue weighted by molar-refractivity contribution is -0.112. The van der Waals surface area contributed by atoms with Gasteiger partial charge in [-0.25, -0.2) is 0 Å². The molecule has 0 heterocycles. The number of nitriles is 1. The third-order valence-corrected chi connectivity index (χ3v) is 5.24. The quantitative estimate of drug-likeness (QED) is 0.338. The van der Waals surface area contributed by atoms with Gasteiger partial charge in [-0.3, -0.25) is 4.79 Å². The highest BCUT2D eigenvalue weighted by atomic mass is 35.5. The first-order valence-electron chi connectivity index (χ1n) is 10.1. The number of carbonyl (C=O) groups is 1. The molecule has 0 saturated heterocycles. The molecule has 3 rings (SSSR count). The van der Waals surface area contributed by atoms with Gasteiger partial charge in [0.05, 0.1) is 7.11 Å². The van der Waals surface area contributed by atoms with Crippen LogP contribution in [0.1, 0.15) is 23.6 Å². The van der Waals surface area contributed by atoms with Gasteiger partial charge in [0.2, 0.25) is 0 Å². The maximum atomic E-state index is 12.8. The summed E-state index contributed by atoms with van der Waals surface area (Å²) in [5, 5.41) is 13.1. The lowest BCUT2D eigenvalue weighted by Gasteiger charge is -2.13. The molecule has 0 atom stereocenters. The molecule has 0 fully saturated rings. The lowest BCUT2D eigenvalue weighted by Crippen LogP contribution is -2.14. The molecule has 162 valence electrons. The second-order valence-electron chi connectivity index (χ2n) is 6.92. The highest BCUT2D eigenvalue weighted by Crippen LogP contribution is 2.29. The number of rotatable bonds is 8. The molecule has 0 radical (unpaired) electrons. The zero-order chi connectivity index (χ0) is 22.9. The highest BCUT2D eigenvalue weighted by Gasteiger charge is 2.14. The van der Waals surface area contributed by atoms with E-state index in [2.05, 4.69) is 5.32 Å². The zero-order valence-electron chi connectivity index (χ0n) is 17.9. The van der Waals surface area contributed by atoms with E-state index < -0.39 is 5.91 Å². The molecular weight excluding hydrogens is 424 g/mol. The molecule has 0 aromatic heterocycles. The standard InChI is InChI=1S/C26H23ClN2O3/c1-3-18-8-5-7-11-24(18)29-26(30)21(16-28)14-19-12-13-22(31-2)15-25(19)32-17-20-9-4-6-10-23(20)27/h4-15H,3,17H2,1-2H3,(H,29,30)/b21-14+. The van der Waals surface area contributed by atoms with Crippen LogP contribution in [0.5, 0.6) is 11.5 Å². The highest BCUT2D eigenvalue weighted by molar-refractivity contribution is 6.31. The van der Waals surface area contributed by atoms with Crippen LogP contribution >= 0.6 is 11.6 Å². The van der Waals surface area contributed by atoms with Crippen molar-refractivity contribution in [2.24, 2.45) is 0 Å². The van der Waals surface area contributed by atoms with Crippen LogP contribution in [0.4, 0.5) is 5.69 Å². The van der Waals surface area contributed by atoms with Crippen LogP contribution in [0.2, 0.25) is 5.02 Å². The van der Waals surface area contributed by atoms with Crippen LogP contribution in [0, 0.1) is 11.3 Å². The van der Waals surface area contributed by atoms with Crippen LogP contribution in [0.15, 0.2) is 72.3 Å². The van der Waals surface area contributed by atoms with E-state index in [-0.39, 0.29) is 12.2 Å². The molecule has 0 bridgehead atoms. The predicted molar refractivity (Wildman–Crippen MR) is 127 cm³/mol. The van der Waals surface area contributed by atoms with E-state index in [4.69, 9.17) is 21.1 Å². The summed E-state index contributed by atoms with van der Waals surface area (Å²) >= 11 is 6.23. The monoisotopic (exact) mass is 446 g/mol. The van der Waals surface area contributed by atoms with Crippen molar-refractivity contribution in [2.75, 3.05) is 12.4 Å². The van der Waals surface area contributed by atoms with Gasteiger partial charge in [0.25, 0.3) is 5.91 Å². The van der Waals surface area contributed by atoms with Gasteiger partial charge in [0.15, 0.2) is 0 Å². The molecule has 0 spiro atoms. The number of carbonyl (C=O) groups excluding carboxylic acids is 1. The van der Waals surface area contributed by atoms with Crippen molar-refractivity contribution in [3.8, 4) is 17.6 Å². The van der Waals surface area contributed by atoms with Crippen molar-refractivity contribution in [2.45, 2.75) is 20.0 Å². The minimum Gasteiger partial charge on any atom is -0.497 e. The normalized spacial score (nSPS) is 10.9. The number of hydrogen-bond donors (Lipinski definition) is 1. The number of nitrogens with zero attached hydrogens (tertiary/aromatic N) is 1. The van der Waals surface area contributed by atoms with E-state index in [9.17, 15) is 10.1 Å². The third-order valence-electron chi connectivity index (χ3n) is 4.87. The molecule has 6 heteroatoms. The van der Waals surface area contributed by atoms with E-state index in [1.807, 2.05) is 55.5 Å². The third kappa shape index (κ3) is 5.69. The van der Waals surface area contributed by atoms with Crippen molar-refractivity contribution in [1.29, 1.82) is 5.26 Å². The molecule has 1 N–H and O–H groups in total. The number of ether oxygens (including phenoxy) is 2. The number of hydrogen-bond acceptors (Lipinski definition) is 4. The Labute approximate surface area is 192 Å². The Morgan fingerprint density at radius 1 is 1.09 bits per heavy atom. The first kappa shape index (κ1) is 22.9. The number of anilines is 1. The second-order valence-corrected chi connectivity index (χ2v) is 7.33. The largest absolute Gasteiger partial charge is 0.497 e. The molecule has 5 nitrogen and oxygen atoms in total. The smallest absolute Gasteiger partial charge is 0.266 e. The van der Waals surface area contributed by atoms with Crippen LogP contribution < -0.4 is 14.8 Å². The number of halogens is 1. The number of benzene rings is 3. The van der Waals surface area contributed by atoms with Crippen LogP contribution in [-0.4, -0.2) is 13.0 Å². The van der Waals surface area contributed by atoms with Gasteiger partial charge >= 0.3 is 0 Å². The average molecular weight is 447 g/mol. The van der Waals surface area contributed by atoms with Gasteiger partial charge in [-0.2, -0.15) is 5.26 Å². The summed E-state index contributed by atoms with van der Waals surface area (Å²) in [6, 6.07) is 22.1. The topological polar surface area (TPSA) is 71.4 Å². The number of methoxy groups -OCH3 is 1. The van der Waals surface area contributed by atoms with Gasteiger partial charge in [-0.1, -0.05) is 54.9 Å². The van der Waals surface area contributed by atoms with Crippen molar-refractivity contribution in [3.63, 3.8) is 0 Å². The fraction of sp³-hybridized carbons (Fsp3) is 0.154. The summed E-state index contributed by atoms with van der Waals surface area (Å²) in [6.07, 6.45) is 2.27. The first-order valence-corrected chi connectivity index (χ1v) is 10.5. The lowest BCUT2D eigenvalue weighted by atomic mass is 10.1. The first-order chi connectivity index (χ1) is 15.5.